The number of fused-ring (bicyclic) bond motifs is 3. The SMILES string of the molecule is C=CCCC(C1=CC=CC1)(c1ccccc1)C1c2ccccc2-c2ccccc21.[Cl-].[Cl-].[Zr+2]. The largest absolute Gasteiger partial charge is 2.00 e. The Bertz CT molecular complexity index is 1070. The minimum absolute atomic E-state index is 0. The third-order valence-corrected chi connectivity index (χ3v) is 6.70. The summed E-state index contributed by atoms with van der Waals surface area (Å²) >= 11 is 0. The van der Waals surface area contributed by atoms with E-state index in [9.17, 15) is 0 Å². The van der Waals surface area contributed by atoms with E-state index < -0.39 is 0 Å². The number of benzene rings is 3. The molecule has 0 saturated heterocycles. The average molecular weight is 537 g/mol. The van der Waals surface area contributed by atoms with Gasteiger partial charge in [-0.05, 0) is 47.1 Å². The Hall–Kier alpha value is -1.66. The zero-order valence-electron chi connectivity index (χ0n) is 18.0. The van der Waals surface area contributed by atoms with Crippen molar-refractivity contribution >= 4 is 0 Å². The fourth-order valence-corrected chi connectivity index (χ4v) is 5.52. The van der Waals surface area contributed by atoms with E-state index in [1.54, 1.807) is 0 Å². The van der Waals surface area contributed by atoms with Gasteiger partial charge in [0, 0.05) is 11.3 Å². The smallest absolute Gasteiger partial charge is 1.00 e. The molecule has 5 rings (SSSR count). The average Bonchev–Trinajstić information content (AvgIpc) is 3.43. The second-order valence-electron chi connectivity index (χ2n) is 8.10. The van der Waals surface area contributed by atoms with Crippen molar-refractivity contribution in [3.8, 4) is 11.1 Å². The van der Waals surface area contributed by atoms with Gasteiger partial charge in [0.1, 0.15) is 0 Å². The van der Waals surface area contributed by atoms with Gasteiger partial charge in [-0.25, -0.2) is 0 Å². The van der Waals surface area contributed by atoms with Gasteiger partial charge in [0.25, 0.3) is 0 Å². The van der Waals surface area contributed by atoms with Gasteiger partial charge in [-0.2, -0.15) is 0 Å². The maximum absolute atomic E-state index is 4.06. The molecule has 1 atom stereocenters. The van der Waals surface area contributed by atoms with Crippen molar-refractivity contribution in [2.24, 2.45) is 0 Å². The quantitative estimate of drug-likeness (QED) is 0.420. The van der Waals surface area contributed by atoms with E-state index in [0.717, 1.165) is 19.3 Å². The van der Waals surface area contributed by atoms with Gasteiger partial charge in [-0.15, -0.1) is 6.58 Å². The van der Waals surface area contributed by atoms with Crippen LogP contribution in [0.2, 0.25) is 0 Å². The third kappa shape index (κ3) is 4.28. The summed E-state index contributed by atoms with van der Waals surface area (Å²) in [6.07, 6.45) is 12.0. The molecule has 0 fully saturated rings. The monoisotopic (exact) mass is 534 g/mol. The summed E-state index contributed by atoms with van der Waals surface area (Å²) in [4.78, 5) is 0. The summed E-state index contributed by atoms with van der Waals surface area (Å²) in [7, 11) is 0. The molecule has 0 N–H and O–H groups in total. The van der Waals surface area contributed by atoms with E-state index in [1.807, 2.05) is 0 Å². The molecule has 0 saturated carbocycles. The molecule has 0 amide bonds. The molecule has 3 heteroatoms. The standard InChI is InChI=1S/C29H26.2ClH.Zr/c1-2-3-21-29(23-15-7-8-16-23,22-13-5-4-6-14-22)28-26-19-11-9-17-24(26)25-18-10-12-20-27(25)28;;;/h2,4-15,17-20,28H,1,3,16,21H2;2*1H;/q;;;+2/p-2. The van der Waals surface area contributed by atoms with E-state index in [1.165, 1.54) is 33.4 Å². The molecule has 0 aliphatic heterocycles. The van der Waals surface area contributed by atoms with Crippen LogP contribution in [0.25, 0.3) is 11.1 Å². The van der Waals surface area contributed by atoms with Crippen LogP contribution in [0.15, 0.2) is 115 Å². The Morgan fingerprint density at radius 1 is 0.812 bits per heavy atom. The number of hydrogen-bond donors (Lipinski definition) is 0. The maximum atomic E-state index is 4.06. The molecule has 3 aromatic rings. The van der Waals surface area contributed by atoms with E-state index in [0.29, 0.717) is 5.92 Å². The van der Waals surface area contributed by atoms with Gasteiger partial charge in [0.05, 0.1) is 0 Å². The van der Waals surface area contributed by atoms with E-state index in [2.05, 4.69) is 110 Å². The maximum Gasteiger partial charge on any atom is 2.00 e. The zero-order valence-corrected chi connectivity index (χ0v) is 21.9. The summed E-state index contributed by atoms with van der Waals surface area (Å²) < 4.78 is 0. The van der Waals surface area contributed by atoms with Gasteiger partial charge in [0.2, 0.25) is 0 Å². The number of halogens is 2. The Balaban J connectivity index is 0.00000121. The second-order valence-corrected chi connectivity index (χ2v) is 8.10. The Morgan fingerprint density at radius 2 is 1.38 bits per heavy atom. The second kappa shape index (κ2) is 11.5. The van der Waals surface area contributed by atoms with Crippen LogP contribution in [-0.4, -0.2) is 0 Å². The first-order valence-electron chi connectivity index (χ1n) is 10.6. The molecule has 0 bridgehead atoms. The fraction of sp³-hybridized carbons (Fsp3) is 0.172. The van der Waals surface area contributed by atoms with Crippen molar-refractivity contribution in [1.82, 2.24) is 0 Å². The number of rotatable bonds is 6. The number of hydrogen-bond acceptors (Lipinski definition) is 0. The van der Waals surface area contributed by atoms with Crippen molar-refractivity contribution in [3.63, 3.8) is 0 Å². The third-order valence-electron chi connectivity index (χ3n) is 6.70. The molecule has 0 radical (unpaired) electrons. The van der Waals surface area contributed by atoms with Crippen molar-refractivity contribution in [2.45, 2.75) is 30.6 Å². The van der Waals surface area contributed by atoms with Crippen molar-refractivity contribution in [1.29, 1.82) is 0 Å². The van der Waals surface area contributed by atoms with Gasteiger partial charge in [-0.1, -0.05) is 109 Å². The Labute approximate surface area is 223 Å². The van der Waals surface area contributed by atoms with Crippen molar-refractivity contribution in [2.75, 3.05) is 0 Å². The van der Waals surface area contributed by atoms with Crippen LogP contribution in [-0.2, 0) is 31.6 Å². The summed E-state index contributed by atoms with van der Waals surface area (Å²) in [6, 6.07) is 29.1. The molecule has 0 nitrogen and oxygen atoms in total. The Morgan fingerprint density at radius 3 is 1.91 bits per heavy atom. The molecular weight excluding hydrogens is 510 g/mol. The molecule has 2 aliphatic carbocycles. The summed E-state index contributed by atoms with van der Waals surface area (Å²) in [5, 5.41) is 0. The van der Waals surface area contributed by atoms with E-state index in [-0.39, 0.29) is 56.4 Å². The zero-order chi connectivity index (χ0) is 19.7. The molecule has 1 unspecified atom stereocenters. The van der Waals surface area contributed by atoms with Crippen LogP contribution < -0.4 is 24.8 Å². The van der Waals surface area contributed by atoms with Crippen LogP contribution in [0, 0.1) is 0 Å². The van der Waals surface area contributed by atoms with Crippen LogP contribution in [0.4, 0.5) is 0 Å². The van der Waals surface area contributed by atoms with E-state index in [4.69, 9.17) is 0 Å². The van der Waals surface area contributed by atoms with Gasteiger partial charge >= 0.3 is 26.2 Å². The van der Waals surface area contributed by atoms with Crippen LogP contribution in [0.3, 0.4) is 0 Å². The first kappa shape index (κ1) is 26.6. The van der Waals surface area contributed by atoms with E-state index >= 15 is 0 Å². The molecule has 0 spiro atoms. The minimum atomic E-state index is -0.0817. The summed E-state index contributed by atoms with van der Waals surface area (Å²) in [6.45, 7) is 4.06. The Kier molecular flexibility index (Phi) is 9.53. The van der Waals surface area contributed by atoms with Crippen molar-refractivity contribution < 1.29 is 51.0 Å². The first-order chi connectivity index (χ1) is 14.4. The molecule has 160 valence electrons. The normalized spacial score (nSPS) is 15.2. The molecule has 32 heavy (non-hydrogen) atoms. The molecular formula is C29H26Cl2Zr. The molecule has 3 aromatic carbocycles. The molecule has 2 aliphatic rings. The predicted molar refractivity (Wildman–Crippen MR) is 123 cm³/mol. The van der Waals surface area contributed by atoms with Gasteiger partial charge in [0.15, 0.2) is 0 Å². The van der Waals surface area contributed by atoms with Gasteiger partial charge in [-0.3, -0.25) is 0 Å². The number of allylic oxidation sites excluding steroid dienone is 5. The van der Waals surface area contributed by atoms with Crippen LogP contribution >= 0.6 is 0 Å². The first-order valence-corrected chi connectivity index (χ1v) is 10.6. The van der Waals surface area contributed by atoms with Gasteiger partial charge < -0.3 is 24.8 Å². The summed E-state index contributed by atoms with van der Waals surface area (Å²) in [5.41, 5.74) is 8.53. The predicted octanol–water partition coefficient (Wildman–Crippen LogP) is 1.59. The van der Waals surface area contributed by atoms with Crippen LogP contribution in [0.1, 0.15) is 41.9 Å². The molecule has 0 heterocycles. The molecule has 0 aromatic heterocycles. The fourth-order valence-electron chi connectivity index (χ4n) is 5.52. The minimum Gasteiger partial charge on any atom is -1.00 e. The van der Waals surface area contributed by atoms with Crippen LogP contribution in [0.5, 0.6) is 0 Å². The summed E-state index contributed by atoms with van der Waals surface area (Å²) in [5.74, 6) is 0.309. The topological polar surface area (TPSA) is 0 Å². The van der Waals surface area contributed by atoms with Crippen molar-refractivity contribution in [3.05, 3.63) is 132 Å².